The van der Waals surface area contributed by atoms with Gasteiger partial charge in [0, 0.05) is 31.0 Å². The van der Waals surface area contributed by atoms with Crippen LogP contribution in [0.15, 0.2) is 54.0 Å². The summed E-state index contributed by atoms with van der Waals surface area (Å²) < 4.78 is 45.1. The quantitative estimate of drug-likeness (QED) is 0.418. The zero-order valence-electron chi connectivity index (χ0n) is 18.2. The summed E-state index contributed by atoms with van der Waals surface area (Å²) in [6.45, 7) is 0. The Morgan fingerprint density at radius 1 is 1.11 bits per heavy atom. The van der Waals surface area contributed by atoms with E-state index in [0.717, 1.165) is 0 Å². The zero-order valence-corrected chi connectivity index (χ0v) is 18.2. The summed E-state index contributed by atoms with van der Waals surface area (Å²) in [5.41, 5.74) is -1.51. The molecule has 0 amide bonds. The highest BCUT2D eigenvalue weighted by Crippen LogP contribution is 2.60. The Hall–Kier alpha value is -4.42. The van der Waals surface area contributed by atoms with Gasteiger partial charge in [-0.15, -0.1) is 5.10 Å². The highest BCUT2D eigenvalue weighted by molar-refractivity contribution is 5.96. The number of halogens is 3. The SMILES string of the molecule is Cn1cc(-c2nc3c4cccc(C5(C(F)(F)F)CC5)c4nc(Nc4cnccnc4=O)n3n2)cn1. The van der Waals surface area contributed by atoms with Gasteiger partial charge in [0.1, 0.15) is 5.69 Å². The van der Waals surface area contributed by atoms with Crippen molar-refractivity contribution < 1.29 is 13.2 Å². The molecule has 1 aliphatic carbocycles. The molecule has 35 heavy (non-hydrogen) atoms. The highest BCUT2D eigenvalue weighted by atomic mass is 19.4. The topological polar surface area (TPSA) is 116 Å². The van der Waals surface area contributed by atoms with Crippen LogP contribution in [0.3, 0.4) is 0 Å². The lowest BCUT2D eigenvalue weighted by Crippen LogP contribution is -2.29. The minimum Gasteiger partial charge on any atom is -0.318 e. The number of aromatic nitrogens is 8. The Balaban J connectivity index is 1.65. The van der Waals surface area contributed by atoms with E-state index in [4.69, 9.17) is 0 Å². The summed E-state index contributed by atoms with van der Waals surface area (Å²) >= 11 is 0. The Morgan fingerprint density at radius 3 is 2.66 bits per heavy atom. The van der Waals surface area contributed by atoms with Crippen molar-refractivity contribution >= 4 is 28.2 Å². The van der Waals surface area contributed by atoms with Crippen LogP contribution in [-0.4, -0.2) is 45.5 Å². The number of para-hydroxylation sites is 1. The van der Waals surface area contributed by atoms with Crippen molar-refractivity contribution in [1.29, 1.82) is 0 Å². The molecular weight excluding hydrogens is 463 g/mol. The monoisotopic (exact) mass is 479 g/mol. The molecule has 0 bridgehead atoms. The predicted octanol–water partition coefficient (Wildman–Crippen LogP) is 3.17. The molecule has 0 unspecified atom stereocenters. The summed E-state index contributed by atoms with van der Waals surface area (Å²) in [6.07, 6.45) is 2.66. The Kier molecular flexibility index (Phi) is 4.40. The molecule has 1 N–H and O–H groups in total. The number of benzene rings is 1. The molecule has 0 radical (unpaired) electrons. The molecule has 0 spiro atoms. The van der Waals surface area contributed by atoms with E-state index in [9.17, 15) is 18.0 Å². The van der Waals surface area contributed by atoms with Crippen molar-refractivity contribution in [3.63, 3.8) is 0 Å². The second-order valence-corrected chi connectivity index (χ2v) is 8.34. The maximum absolute atomic E-state index is 14.0. The summed E-state index contributed by atoms with van der Waals surface area (Å²) in [5, 5.41) is 11.9. The van der Waals surface area contributed by atoms with E-state index in [0.29, 0.717) is 16.8 Å². The van der Waals surface area contributed by atoms with E-state index >= 15 is 0 Å². The summed E-state index contributed by atoms with van der Waals surface area (Å²) in [7, 11) is 1.74. The van der Waals surface area contributed by atoms with Crippen LogP contribution >= 0.6 is 0 Å². The van der Waals surface area contributed by atoms with Gasteiger partial charge in [0.2, 0.25) is 5.95 Å². The Morgan fingerprint density at radius 2 is 1.94 bits per heavy atom. The van der Waals surface area contributed by atoms with E-state index < -0.39 is 17.2 Å². The van der Waals surface area contributed by atoms with Gasteiger partial charge in [-0.1, -0.05) is 12.1 Å². The van der Waals surface area contributed by atoms with Gasteiger partial charge in [-0.25, -0.2) is 15.0 Å². The molecule has 0 atom stereocenters. The molecule has 0 saturated heterocycles. The first-order chi connectivity index (χ1) is 16.8. The number of alkyl halides is 3. The van der Waals surface area contributed by atoms with Crippen LogP contribution in [-0.2, 0) is 12.5 Å². The van der Waals surface area contributed by atoms with E-state index in [1.165, 1.54) is 29.2 Å². The lowest BCUT2D eigenvalue weighted by Gasteiger charge is -2.21. The van der Waals surface area contributed by atoms with Gasteiger partial charge >= 0.3 is 6.18 Å². The average Bonchev–Trinajstić information content (AvgIpc) is 3.41. The second-order valence-electron chi connectivity index (χ2n) is 8.34. The normalized spacial score (nSPS) is 15.0. The fourth-order valence-corrected chi connectivity index (χ4v) is 4.18. The van der Waals surface area contributed by atoms with Gasteiger partial charge in [0.25, 0.3) is 5.56 Å². The smallest absolute Gasteiger partial charge is 0.318 e. The van der Waals surface area contributed by atoms with Crippen molar-refractivity contribution in [3.05, 3.63) is 65.1 Å². The van der Waals surface area contributed by atoms with E-state index in [2.05, 4.69) is 35.5 Å². The maximum atomic E-state index is 14.0. The largest absolute Gasteiger partial charge is 0.398 e. The molecule has 13 heteroatoms. The van der Waals surface area contributed by atoms with E-state index in [1.54, 1.807) is 36.3 Å². The fourth-order valence-electron chi connectivity index (χ4n) is 4.18. The minimum atomic E-state index is -4.43. The van der Waals surface area contributed by atoms with Crippen LogP contribution in [0.1, 0.15) is 18.4 Å². The first-order valence-electron chi connectivity index (χ1n) is 10.6. The highest BCUT2D eigenvalue weighted by Gasteiger charge is 2.64. The van der Waals surface area contributed by atoms with Crippen molar-refractivity contribution in [3.8, 4) is 11.4 Å². The van der Waals surface area contributed by atoms with Crippen LogP contribution < -0.4 is 10.9 Å². The van der Waals surface area contributed by atoms with Gasteiger partial charge in [-0.05, 0) is 24.5 Å². The third-order valence-corrected chi connectivity index (χ3v) is 6.10. The molecule has 10 nitrogen and oxygen atoms in total. The number of hydrogen-bond acceptors (Lipinski definition) is 8. The summed E-state index contributed by atoms with van der Waals surface area (Å²) in [6, 6.07) is 4.67. The molecule has 6 rings (SSSR count). The standard InChI is InChI=1S/C22H16F3N9O/c1-33-11-12(9-28-33)17-31-18-13-3-2-4-14(21(5-6-21)22(23,24)25)16(13)30-20(34(18)32-17)29-15-10-26-7-8-27-19(15)35/h2-4,7-11H,5-6H2,1H3,(H,27,29,30,35). The van der Waals surface area contributed by atoms with E-state index in [-0.39, 0.29) is 41.2 Å². The molecule has 1 aromatic carbocycles. The van der Waals surface area contributed by atoms with Crippen molar-refractivity contribution in [1.82, 2.24) is 39.3 Å². The molecule has 1 aliphatic rings. The third kappa shape index (κ3) is 3.30. The first-order valence-corrected chi connectivity index (χ1v) is 10.6. The molecule has 1 fully saturated rings. The second kappa shape index (κ2) is 7.29. The summed E-state index contributed by atoms with van der Waals surface area (Å²) in [5.74, 6) is 0.308. The molecule has 0 aliphatic heterocycles. The number of aryl methyl sites for hydroxylation is 1. The van der Waals surface area contributed by atoms with Crippen LogP contribution in [0, 0.1) is 0 Å². The number of nitrogens with one attached hydrogen (secondary N) is 1. The average molecular weight is 479 g/mol. The van der Waals surface area contributed by atoms with Gasteiger partial charge < -0.3 is 5.32 Å². The van der Waals surface area contributed by atoms with Gasteiger partial charge in [0.15, 0.2) is 11.5 Å². The molecular formula is C22H16F3N9O. The van der Waals surface area contributed by atoms with Gasteiger partial charge in [-0.2, -0.15) is 22.8 Å². The molecule has 176 valence electrons. The number of fused-ring (bicyclic) bond motifs is 3. The molecule has 4 aromatic heterocycles. The van der Waals surface area contributed by atoms with Crippen molar-refractivity contribution in [2.45, 2.75) is 24.4 Å². The fraction of sp³-hybridized carbons (Fsp3) is 0.227. The van der Waals surface area contributed by atoms with Crippen molar-refractivity contribution in [2.75, 3.05) is 5.32 Å². The van der Waals surface area contributed by atoms with Gasteiger partial charge in [0.05, 0.1) is 28.9 Å². The molecule has 4 heterocycles. The zero-order chi connectivity index (χ0) is 24.4. The maximum Gasteiger partial charge on any atom is 0.398 e. The first kappa shape index (κ1) is 21.1. The molecule has 5 aromatic rings. The third-order valence-electron chi connectivity index (χ3n) is 6.10. The van der Waals surface area contributed by atoms with Crippen LogP contribution in [0.2, 0.25) is 0 Å². The van der Waals surface area contributed by atoms with E-state index in [1.807, 2.05) is 0 Å². The number of hydrogen-bond donors (Lipinski definition) is 1. The number of anilines is 2. The number of nitrogens with zero attached hydrogens (tertiary/aromatic N) is 8. The Labute approximate surface area is 194 Å². The predicted molar refractivity (Wildman–Crippen MR) is 119 cm³/mol. The van der Waals surface area contributed by atoms with Crippen LogP contribution in [0.25, 0.3) is 27.9 Å². The van der Waals surface area contributed by atoms with Crippen LogP contribution in [0.4, 0.5) is 24.8 Å². The van der Waals surface area contributed by atoms with Gasteiger partial charge in [-0.3, -0.25) is 14.5 Å². The minimum absolute atomic E-state index is 0.00691. The Bertz CT molecular complexity index is 1670. The summed E-state index contributed by atoms with van der Waals surface area (Å²) in [4.78, 5) is 29.2. The number of rotatable bonds is 4. The van der Waals surface area contributed by atoms with Crippen LogP contribution in [0.5, 0.6) is 0 Å². The van der Waals surface area contributed by atoms with Crippen molar-refractivity contribution in [2.24, 2.45) is 7.05 Å². The molecule has 1 saturated carbocycles. The lowest BCUT2D eigenvalue weighted by molar-refractivity contribution is -0.160. The lowest BCUT2D eigenvalue weighted by atomic mass is 9.93.